The number of ketones is 1. The third-order valence-electron chi connectivity index (χ3n) is 16.0. The third-order valence-corrected chi connectivity index (χ3v) is 21.8. The number of thiazole rings is 6. The van der Waals surface area contributed by atoms with Gasteiger partial charge in [0.05, 0.1) is 64.4 Å². The summed E-state index contributed by atoms with van der Waals surface area (Å²) < 4.78 is 11.5. The highest BCUT2D eigenvalue weighted by molar-refractivity contribution is 7.15. The van der Waals surface area contributed by atoms with Crippen molar-refractivity contribution in [2.24, 2.45) is 11.8 Å². The minimum atomic E-state index is -1.22. The van der Waals surface area contributed by atoms with Gasteiger partial charge in [-0.2, -0.15) is 0 Å². The molecule has 6 N–H and O–H groups in total. The summed E-state index contributed by atoms with van der Waals surface area (Å²) in [6, 6.07) is 17.2. The summed E-state index contributed by atoms with van der Waals surface area (Å²) in [5, 5.41) is 40.5. The van der Waals surface area contributed by atoms with E-state index in [0.717, 1.165) is 28.2 Å². The first kappa shape index (κ1) is 66.5. The number of carbonyl (C=O) groups is 8. The first-order chi connectivity index (χ1) is 45.2. The molecule has 1 aliphatic carbocycles. The van der Waals surface area contributed by atoms with Gasteiger partial charge in [0.25, 0.3) is 11.8 Å². The van der Waals surface area contributed by atoms with Gasteiger partial charge in [-0.3, -0.25) is 28.8 Å². The number of rotatable bonds is 13. The van der Waals surface area contributed by atoms with Crippen LogP contribution >= 0.6 is 68.0 Å². The molecule has 1 saturated carbocycles. The van der Waals surface area contributed by atoms with Crippen LogP contribution in [0, 0.1) is 18.8 Å². The maximum atomic E-state index is 14.5. The molecule has 5 amide bonds. The Labute approximate surface area is 562 Å². The molecule has 1 aliphatic heterocycles. The minimum Gasteiger partial charge on any atom is -0.481 e. The van der Waals surface area contributed by atoms with Crippen molar-refractivity contribution < 1.29 is 58.0 Å². The van der Waals surface area contributed by atoms with Crippen LogP contribution in [0.2, 0.25) is 0 Å². The Balaban J connectivity index is 0.990. The van der Waals surface area contributed by atoms with Crippen LogP contribution in [-0.2, 0) is 30.5 Å². The Morgan fingerprint density at radius 1 is 0.702 bits per heavy atom. The van der Waals surface area contributed by atoms with Gasteiger partial charge in [-0.1, -0.05) is 57.2 Å². The lowest BCUT2D eigenvalue weighted by Crippen LogP contribution is -2.40. The van der Waals surface area contributed by atoms with Crippen molar-refractivity contribution in [1.82, 2.24) is 56.2 Å². The normalized spacial score (nSPS) is 18.3. The molecule has 4 atom stereocenters. The van der Waals surface area contributed by atoms with Crippen LogP contribution in [-0.4, -0.2) is 119 Å². The van der Waals surface area contributed by atoms with Crippen molar-refractivity contribution in [2.75, 3.05) is 25.6 Å². The second kappa shape index (κ2) is 29.2. The second-order valence-corrected chi connectivity index (χ2v) is 28.5. The Morgan fingerprint density at radius 3 is 2.15 bits per heavy atom. The lowest BCUT2D eigenvalue weighted by atomic mass is 9.87. The summed E-state index contributed by atoms with van der Waals surface area (Å²) in [7, 11) is 2.97. The molecule has 2 aromatic carbocycles. The van der Waals surface area contributed by atoms with Gasteiger partial charge < -0.3 is 41.0 Å². The molecule has 7 aromatic heterocycles. The molecule has 11 rings (SSSR count). The van der Waals surface area contributed by atoms with Crippen molar-refractivity contribution in [3.05, 3.63) is 141 Å². The van der Waals surface area contributed by atoms with Gasteiger partial charge in [0.15, 0.2) is 11.6 Å². The van der Waals surface area contributed by atoms with Crippen molar-refractivity contribution in [1.29, 1.82) is 0 Å². The predicted molar refractivity (Wildman–Crippen MR) is 357 cm³/mol. The number of carbonyl (C=O) groups excluding carboxylic acids is 6. The molecule has 2 aliphatic rings. The van der Waals surface area contributed by atoms with E-state index < -0.39 is 78.2 Å². The summed E-state index contributed by atoms with van der Waals surface area (Å²) in [4.78, 5) is 146. The molecule has 24 nitrogen and oxygen atoms in total. The summed E-state index contributed by atoms with van der Waals surface area (Å²) in [5.74, 6) is -5.97. The van der Waals surface area contributed by atoms with Gasteiger partial charge in [0.1, 0.15) is 65.3 Å². The SMILES string of the molecule is CNC(=O)C[C@@H]1NC(=O)c2csc(n2)-c2ccc(-c3nc(N(C(=O)OC4CCC(C(=O)O)CC4)c4cccc(C(=O)O)c4)cs3)nc2-c2csc(n2)-c2csc(n2)[C@H]([C@@H](C)c2ccccc2)NC(=O)CNC(=O)c2nc(sc2COC)C(C(C)C)CC(=O)c2nc1sc2C. The molecule has 94 heavy (non-hydrogen) atoms. The summed E-state index contributed by atoms with van der Waals surface area (Å²) in [5.41, 5.74) is 3.22. The van der Waals surface area contributed by atoms with Crippen molar-refractivity contribution in [3.8, 4) is 43.4 Å². The number of aliphatic carboxylic acids is 1. The Bertz CT molecular complexity index is 4340. The fourth-order valence-electron chi connectivity index (χ4n) is 10.9. The van der Waals surface area contributed by atoms with Crippen LogP contribution in [0.5, 0.6) is 0 Å². The number of aromatic carboxylic acids is 1. The van der Waals surface area contributed by atoms with Gasteiger partial charge in [-0.15, -0.1) is 68.0 Å². The highest BCUT2D eigenvalue weighted by Crippen LogP contribution is 2.42. The van der Waals surface area contributed by atoms with Crippen molar-refractivity contribution in [2.45, 2.75) is 103 Å². The van der Waals surface area contributed by atoms with Crippen molar-refractivity contribution in [3.63, 3.8) is 0 Å². The summed E-state index contributed by atoms with van der Waals surface area (Å²) >= 11 is 7.33. The number of aromatic nitrogens is 7. The summed E-state index contributed by atoms with van der Waals surface area (Å²) in [6.07, 6.45) is -0.454. The average Bonchev–Trinajstić information content (AvgIpc) is 1.62. The third kappa shape index (κ3) is 14.9. The molecule has 0 radical (unpaired) electrons. The lowest BCUT2D eigenvalue weighted by Gasteiger charge is -2.28. The zero-order valence-electron chi connectivity index (χ0n) is 51.4. The van der Waals surface area contributed by atoms with Gasteiger partial charge in [0, 0.05) is 64.4 Å². The maximum absolute atomic E-state index is 14.5. The van der Waals surface area contributed by atoms with Gasteiger partial charge in [0.2, 0.25) is 11.8 Å². The molecular formula is C64H62N12O12S6. The van der Waals surface area contributed by atoms with E-state index in [-0.39, 0.29) is 71.2 Å². The van der Waals surface area contributed by atoms with E-state index in [1.54, 1.807) is 41.3 Å². The van der Waals surface area contributed by atoms with Crippen LogP contribution in [0.15, 0.2) is 88.3 Å². The molecule has 1 unspecified atom stereocenters. The molecule has 0 saturated heterocycles. The number of anilines is 2. The second-order valence-electron chi connectivity index (χ2n) is 22.7. The van der Waals surface area contributed by atoms with E-state index in [1.165, 1.54) is 82.6 Å². The fourth-order valence-corrected chi connectivity index (χ4v) is 16.6. The number of hydrogen-bond donors (Lipinski definition) is 6. The van der Waals surface area contributed by atoms with E-state index in [1.807, 2.05) is 56.5 Å². The van der Waals surface area contributed by atoms with Crippen LogP contribution in [0.4, 0.5) is 16.3 Å². The molecule has 1 fully saturated rings. The molecule has 8 heterocycles. The Kier molecular flexibility index (Phi) is 20.6. The number of carboxylic acid groups (broad SMARTS) is 2. The first-order valence-corrected chi connectivity index (χ1v) is 34.9. The molecule has 486 valence electrons. The molecule has 9 aromatic rings. The zero-order valence-corrected chi connectivity index (χ0v) is 56.3. The van der Waals surface area contributed by atoms with Crippen LogP contribution in [0.25, 0.3) is 43.4 Å². The topological polar surface area (TPSA) is 337 Å². The zero-order chi connectivity index (χ0) is 66.5. The number of hydrogen-bond acceptors (Lipinski definition) is 23. The van der Waals surface area contributed by atoms with Gasteiger partial charge in [-0.25, -0.2) is 49.4 Å². The van der Waals surface area contributed by atoms with Crippen LogP contribution < -0.4 is 26.2 Å². The fraction of sp³-hybridized carbons (Fsp3) is 0.328. The highest BCUT2D eigenvalue weighted by atomic mass is 32.1. The number of nitrogens with zero attached hydrogens (tertiary/aromatic N) is 8. The van der Waals surface area contributed by atoms with Crippen LogP contribution in [0.1, 0.15) is 155 Å². The molecular weight excluding hydrogens is 1320 g/mol. The van der Waals surface area contributed by atoms with E-state index in [4.69, 9.17) is 44.4 Å². The predicted octanol–water partition coefficient (Wildman–Crippen LogP) is 11.9. The number of benzene rings is 2. The smallest absolute Gasteiger partial charge is 0.420 e. The largest absolute Gasteiger partial charge is 0.481 e. The molecule has 30 heteroatoms. The van der Waals surface area contributed by atoms with E-state index in [0.29, 0.717) is 93.8 Å². The van der Waals surface area contributed by atoms with Crippen LogP contribution in [0.3, 0.4) is 0 Å². The van der Waals surface area contributed by atoms with Crippen molar-refractivity contribution >= 4 is 127 Å². The van der Waals surface area contributed by atoms with E-state index in [2.05, 4.69) is 21.3 Å². The quantitative estimate of drug-likeness (QED) is 0.0624. The van der Waals surface area contributed by atoms with E-state index in [9.17, 15) is 48.6 Å². The summed E-state index contributed by atoms with van der Waals surface area (Å²) in [6.45, 7) is 7.25. The lowest BCUT2D eigenvalue weighted by molar-refractivity contribution is -0.143. The number of fused-ring (bicyclic) bond motifs is 14. The average molecular weight is 1380 g/mol. The first-order valence-electron chi connectivity index (χ1n) is 29.8. The minimum absolute atomic E-state index is 0.00775. The number of carboxylic acids is 2. The standard InChI is InChI=1S/C64H62N12O12S6/c1-30(2)39-22-45(77)51-32(4)93-60(74-51)41(23-48(78)65-5)68-54(80)43-27-89-56(70-43)38-19-20-40(58-72-47(29-92-58)76(36-14-10-13-35(21-36)63(84)85)64(86)88-37-17-15-34(16-18-37)62(82)83)67-52(38)42-26-90-59(69-42)44-28-91-61(71-44)50(31(3)33-11-8-7-9-12-33)73-49(79)24-66-55(81)53-46(25-87-6)94-57(39)75-53/h7-14,19-21,26-31,34,37,39,41,50H,15-18,22-25H2,1-6H3,(H,65,78)(H,66,81)(H,68,80)(H,73,79)(H,82,83)(H,84,85)/t31-,34?,37?,39?,41-,50-/m0/s1. The molecule has 0 spiro atoms. The van der Waals surface area contributed by atoms with E-state index >= 15 is 0 Å². The highest BCUT2D eigenvalue weighted by Gasteiger charge is 2.35. The number of ether oxygens (including phenoxy) is 2. The number of nitrogens with one attached hydrogen (secondary N) is 4. The number of pyridine rings is 1. The van der Waals surface area contributed by atoms with Gasteiger partial charge in [-0.05, 0) is 74.4 Å². The van der Waals surface area contributed by atoms with Gasteiger partial charge >= 0.3 is 18.0 Å². The Hall–Kier alpha value is -8.91. The molecule has 10 bridgehead atoms. The Morgan fingerprint density at radius 2 is 1.41 bits per heavy atom. The number of methoxy groups -OCH3 is 1. The maximum Gasteiger partial charge on any atom is 0.420 e. The number of amides is 5. The number of aryl methyl sites for hydroxylation is 1. The number of Topliss-reactive ketones (excluding diaryl/α,β-unsaturated/α-hetero) is 1. The monoisotopic (exact) mass is 1380 g/mol.